The molecule has 0 bridgehead atoms. The van der Waals surface area contributed by atoms with E-state index in [9.17, 15) is 9.59 Å². The van der Waals surface area contributed by atoms with Gasteiger partial charge in [-0.1, -0.05) is 0 Å². The summed E-state index contributed by atoms with van der Waals surface area (Å²) in [6.07, 6.45) is 3.56. The maximum Gasteiger partial charge on any atom is 0.305 e. The van der Waals surface area contributed by atoms with Crippen molar-refractivity contribution >= 4 is 11.9 Å². The van der Waals surface area contributed by atoms with Crippen LogP contribution in [-0.4, -0.2) is 50.2 Å². The van der Waals surface area contributed by atoms with E-state index in [0.717, 1.165) is 19.4 Å². The number of esters is 1. The fourth-order valence-electron chi connectivity index (χ4n) is 1.84. The van der Waals surface area contributed by atoms with E-state index >= 15 is 0 Å². The number of hydrogen-bond acceptors (Lipinski definition) is 4. The lowest BCUT2D eigenvalue weighted by Crippen LogP contribution is -2.30. The van der Waals surface area contributed by atoms with Gasteiger partial charge in [0.25, 0.3) is 0 Å². The number of carbonyl (C=O) groups excluding carboxylic acids is 2. The first-order chi connectivity index (χ1) is 8.13. The molecule has 0 aromatic carbocycles. The molecule has 0 aromatic heterocycles. The highest BCUT2D eigenvalue weighted by Gasteiger charge is 2.20. The summed E-state index contributed by atoms with van der Waals surface area (Å²) in [4.78, 5) is 24.3. The van der Waals surface area contributed by atoms with Crippen molar-refractivity contribution in [2.24, 2.45) is 0 Å². The molecule has 1 aliphatic rings. The first-order valence-corrected chi connectivity index (χ1v) is 6.06. The minimum atomic E-state index is -0.232. The first kappa shape index (κ1) is 14.0. The van der Waals surface area contributed by atoms with Crippen molar-refractivity contribution in [3.8, 4) is 0 Å². The van der Waals surface area contributed by atoms with Crippen molar-refractivity contribution in [1.29, 1.82) is 0 Å². The smallest absolute Gasteiger partial charge is 0.305 e. The van der Waals surface area contributed by atoms with E-state index in [0.29, 0.717) is 25.8 Å². The van der Waals surface area contributed by atoms with Crippen LogP contribution < -0.4 is 0 Å². The first-order valence-electron chi connectivity index (χ1n) is 6.06. The zero-order chi connectivity index (χ0) is 12.7. The summed E-state index contributed by atoms with van der Waals surface area (Å²) < 4.78 is 9.95. The molecule has 5 nitrogen and oxygen atoms in total. The molecule has 1 atom stereocenters. The summed E-state index contributed by atoms with van der Waals surface area (Å²) in [5, 5.41) is 0. The monoisotopic (exact) mass is 243 g/mol. The minimum absolute atomic E-state index is 0.0850. The average molecular weight is 243 g/mol. The van der Waals surface area contributed by atoms with E-state index < -0.39 is 0 Å². The zero-order valence-corrected chi connectivity index (χ0v) is 10.6. The fourth-order valence-corrected chi connectivity index (χ4v) is 1.84. The SMILES string of the molecule is COC(=O)CCCN(C)C(=O)CC1CCCO1. The predicted molar refractivity (Wildman–Crippen MR) is 62.5 cm³/mol. The second-order valence-electron chi connectivity index (χ2n) is 4.33. The quantitative estimate of drug-likeness (QED) is 0.652. The van der Waals surface area contributed by atoms with Crippen molar-refractivity contribution in [2.75, 3.05) is 27.3 Å². The fraction of sp³-hybridized carbons (Fsp3) is 0.833. The average Bonchev–Trinajstić information content (AvgIpc) is 2.81. The van der Waals surface area contributed by atoms with Crippen LogP contribution in [-0.2, 0) is 19.1 Å². The molecule has 1 rings (SSSR count). The van der Waals surface area contributed by atoms with Crippen LogP contribution in [0.15, 0.2) is 0 Å². The Morgan fingerprint density at radius 3 is 2.82 bits per heavy atom. The molecule has 0 aromatic rings. The van der Waals surface area contributed by atoms with E-state index in [-0.39, 0.29) is 18.0 Å². The molecule has 0 N–H and O–H groups in total. The second-order valence-corrected chi connectivity index (χ2v) is 4.33. The summed E-state index contributed by atoms with van der Waals surface area (Å²) in [6.45, 7) is 1.35. The standard InChI is InChI=1S/C12H21NO4/c1-13(7-3-6-12(15)16-2)11(14)9-10-5-4-8-17-10/h10H,3-9H2,1-2H3. The third kappa shape index (κ3) is 5.17. The molecule has 0 aliphatic carbocycles. The van der Waals surface area contributed by atoms with Crippen molar-refractivity contribution in [2.45, 2.75) is 38.2 Å². The van der Waals surface area contributed by atoms with Gasteiger partial charge in [-0.3, -0.25) is 9.59 Å². The minimum Gasteiger partial charge on any atom is -0.469 e. The highest BCUT2D eigenvalue weighted by Crippen LogP contribution is 2.16. The van der Waals surface area contributed by atoms with Crippen molar-refractivity contribution < 1.29 is 19.1 Å². The maximum absolute atomic E-state index is 11.8. The predicted octanol–water partition coefficient (Wildman–Crippen LogP) is 0.967. The van der Waals surface area contributed by atoms with Gasteiger partial charge in [0.1, 0.15) is 0 Å². The lowest BCUT2D eigenvalue weighted by molar-refractivity contribution is -0.141. The molecule has 1 unspecified atom stereocenters. The van der Waals surface area contributed by atoms with Gasteiger partial charge in [0, 0.05) is 26.6 Å². The normalized spacial score (nSPS) is 19.1. The zero-order valence-electron chi connectivity index (χ0n) is 10.6. The van der Waals surface area contributed by atoms with Crippen LogP contribution >= 0.6 is 0 Å². The van der Waals surface area contributed by atoms with Gasteiger partial charge in [0.2, 0.25) is 5.91 Å². The number of carbonyl (C=O) groups is 2. The molecule has 0 saturated carbocycles. The topological polar surface area (TPSA) is 55.8 Å². The van der Waals surface area contributed by atoms with E-state index in [4.69, 9.17) is 4.74 Å². The molecule has 1 saturated heterocycles. The Bertz CT molecular complexity index is 261. The largest absolute Gasteiger partial charge is 0.469 e. The van der Waals surface area contributed by atoms with E-state index in [2.05, 4.69) is 4.74 Å². The van der Waals surface area contributed by atoms with Crippen molar-refractivity contribution in [3.05, 3.63) is 0 Å². The van der Waals surface area contributed by atoms with Gasteiger partial charge >= 0.3 is 5.97 Å². The number of nitrogens with zero attached hydrogens (tertiary/aromatic N) is 1. The number of methoxy groups -OCH3 is 1. The molecule has 0 spiro atoms. The van der Waals surface area contributed by atoms with Crippen LogP contribution in [0.25, 0.3) is 0 Å². The third-order valence-corrected chi connectivity index (χ3v) is 2.95. The van der Waals surface area contributed by atoms with Gasteiger partial charge in [-0.25, -0.2) is 0 Å². The molecule has 1 heterocycles. The van der Waals surface area contributed by atoms with Crippen LogP contribution in [0.5, 0.6) is 0 Å². The molecular weight excluding hydrogens is 222 g/mol. The number of hydrogen-bond donors (Lipinski definition) is 0. The number of amides is 1. The molecule has 1 amide bonds. The highest BCUT2D eigenvalue weighted by atomic mass is 16.5. The van der Waals surface area contributed by atoms with Gasteiger partial charge in [-0.15, -0.1) is 0 Å². The van der Waals surface area contributed by atoms with Gasteiger partial charge in [0.15, 0.2) is 0 Å². The van der Waals surface area contributed by atoms with E-state index in [1.165, 1.54) is 7.11 Å². The summed E-state index contributed by atoms with van der Waals surface area (Å²) in [6, 6.07) is 0. The van der Waals surface area contributed by atoms with Crippen LogP contribution in [0, 0.1) is 0 Å². The molecule has 0 radical (unpaired) electrons. The van der Waals surface area contributed by atoms with Crippen molar-refractivity contribution in [1.82, 2.24) is 4.90 Å². The van der Waals surface area contributed by atoms with Gasteiger partial charge in [-0.05, 0) is 19.3 Å². The number of rotatable bonds is 6. The summed E-state index contributed by atoms with van der Waals surface area (Å²) in [5.74, 6) is -0.147. The molecule has 1 aliphatic heterocycles. The van der Waals surface area contributed by atoms with Crippen LogP contribution in [0.2, 0.25) is 0 Å². The Labute approximate surface area is 102 Å². The highest BCUT2D eigenvalue weighted by molar-refractivity contribution is 5.76. The van der Waals surface area contributed by atoms with Crippen LogP contribution in [0.4, 0.5) is 0 Å². The maximum atomic E-state index is 11.8. The van der Waals surface area contributed by atoms with Crippen molar-refractivity contribution in [3.63, 3.8) is 0 Å². The van der Waals surface area contributed by atoms with Gasteiger partial charge in [-0.2, -0.15) is 0 Å². The Hall–Kier alpha value is -1.10. The molecule has 5 heteroatoms. The molecule has 98 valence electrons. The van der Waals surface area contributed by atoms with E-state index in [1.54, 1.807) is 11.9 Å². The van der Waals surface area contributed by atoms with Crippen LogP contribution in [0.3, 0.4) is 0 Å². The second kappa shape index (κ2) is 7.27. The Balaban J connectivity index is 2.15. The number of ether oxygens (including phenoxy) is 2. The van der Waals surface area contributed by atoms with E-state index in [1.807, 2.05) is 0 Å². The van der Waals surface area contributed by atoms with Gasteiger partial charge in [0.05, 0.1) is 19.6 Å². The summed E-state index contributed by atoms with van der Waals surface area (Å²) >= 11 is 0. The molecule has 17 heavy (non-hydrogen) atoms. The summed E-state index contributed by atoms with van der Waals surface area (Å²) in [7, 11) is 3.13. The third-order valence-electron chi connectivity index (χ3n) is 2.95. The molecule has 1 fully saturated rings. The Kier molecular flexibility index (Phi) is 5.97. The Morgan fingerprint density at radius 2 is 2.24 bits per heavy atom. The van der Waals surface area contributed by atoms with Gasteiger partial charge < -0.3 is 14.4 Å². The lowest BCUT2D eigenvalue weighted by atomic mass is 10.1. The summed E-state index contributed by atoms with van der Waals surface area (Å²) in [5.41, 5.74) is 0. The molecular formula is C12H21NO4. The lowest BCUT2D eigenvalue weighted by Gasteiger charge is -2.18. The Morgan fingerprint density at radius 1 is 1.47 bits per heavy atom. The van der Waals surface area contributed by atoms with Crippen LogP contribution in [0.1, 0.15) is 32.1 Å².